The second-order valence-electron chi connectivity index (χ2n) is 3.65. The lowest BCUT2D eigenvalue weighted by atomic mass is 10.1. The van der Waals surface area contributed by atoms with E-state index in [-0.39, 0.29) is 0 Å². The highest BCUT2D eigenvalue weighted by Gasteiger charge is 2.16. The van der Waals surface area contributed by atoms with Gasteiger partial charge in [0, 0.05) is 18.6 Å². The molecule has 0 unspecified atom stereocenters. The molecule has 0 aliphatic carbocycles. The Morgan fingerprint density at radius 2 is 2.28 bits per heavy atom. The maximum absolute atomic E-state index is 11.8. The van der Waals surface area contributed by atoms with E-state index in [1.54, 1.807) is 20.0 Å². The van der Waals surface area contributed by atoms with Crippen molar-refractivity contribution in [2.45, 2.75) is 6.92 Å². The molecule has 4 nitrogen and oxygen atoms in total. The normalized spacial score (nSPS) is 10.4. The molecule has 0 saturated heterocycles. The summed E-state index contributed by atoms with van der Waals surface area (Å²) in [5, 5.41) is 4.36. The van der Waals surface area contributed by atoms with E-state index >= 15 is 0 Å². The topological polar surface area (TPSA) is 51.2 Å². The van der Waals surface area contributed by atoms with Crippen molar-refractivity contribution in [2.24, 2.45) is 0 Å². The zero-order valence-electron chi connectivity index (χ0n) is 10.2. The molecule has 0 aliphatic heterocycles. The number of pyridine rings is 1. The molecule has 2 aromatic rings. The maximum Gasteiger partial charge on any atom is 0.341 e. The summed E-state index contributed by atoms with van der Waals surface area (Å²) in [7, 11) is 1.75. The molecule has 0 atom stereocenters. The monoisotopic (exact) mass is 264 g/mol. The summed E-state index contributed by atoms with van der Waals surface area (Å²) in [5.74, 6) is -0.392. The van der Waals surface area contributed by atoms with Crippen molar-refractivity contribution in [1.29, 1.82) is 0 Å². The van der Waals surface area contributed by atoms with Gasteiger partial charge < -0.3 is 10.1 Å². The lowest BCUT2D eigenvalue weighted by Crippen LogP contribution is -2.09. The zero-order valence-corrected chi connectivity index (χ0v) is 10.9. The second-order valence-corrected chi connectivity index (χ2v) is 4.06. The summed E-state index contributed by atoms with van der Waals surface area (Å²) < 4.78 is 5.00. The summed E-state index contributed by atoms with van der Waals surface area (Å²) in [6, 6.07) is 5.45. The average molecular weight is 265 g/mol. The van der Waals surface area contributed by atoms with Crippen LogP contribution < -0.4 is 5.32 Å². The molecule has 0 bridgehead atoms. The Hall–Kier alpha value is -1.81. The fourth-order valence-electron chi connectivity index (χ4n) is 1.82. The van der Waals surface area contributed by atoms with E-state index in [0.29, 0.717) is 28.4 Å². The van der Waals surface area contributed by atoms with Crippen LogP contribution in [0.15, 0.2) is 24.4 Å². The number of carbonyl (C=O) groups excluding carboxylic acids is 1. The fourth-order valence-corrected chi connectivity index (χ4v) is 2.04. The molecule has 1 aromatic carbocycles. The van der Waals surface area contributed by atoms with Crippen LogP contribution in [0, 0.1) is 0 Å². The predicted octanol–water partition coefficient (Wildman–Crippen LogP) is 3.11. The molecule has 0 aliphatic rings. The highest BCUT2D eigenvalue weighted by Crippen LogP contribution is 2.30. The van der Waals surface area contributed by atoms with Crippen molar-refractivity contribution in [1.82, 2.24) is 4.98 Å². The lowest BCUT2D eigenvalue weighted by molar-refractivity contribution is 0.0527. The molecule has 5 heteroatoms. The van der Waals surface area contributed by atoms with Crippen molar-refractivity contribution >= 4 is 34.2 Å². The standard InChI is InChI=1S/C13H13ClN2O2/c1-3-18-13(17)9-7-16-12-8(11(9)15-2)5-4-6-10(12)14/h4-7H,3H2,1-2H3,(H,15,16). The minimum atomic E-state index is -0.392. The third-order valence-corrected chi connectivity index (χ3v) is 2.90. The molecular formula is C13H13ClN2O2. The second kappa shape index (κ2) is 5.23. The molecule has 2 rings (SSSR count). The first-order chi connectivity index (χ1) is 8.69. The van der Waals surface area contributed by atoms with Crippen molar-refractivity contribution < 1.29 is 9.53 Å². The number of rotatable bonds is 3. The van der Waals surface area contributed by atoms with E-state index in [1.165, 1.54) is 6.20 Å². The highest BCUT2D eigenvalue weighted by atomic mass is 35.5. The number of nitrogens with one attached hydrogen (secondary N) is 1. The van der Waals surface area contributed by atoms with Crippen molar-refractivity contribution in [2.75, 3.05) is 19.0 Å². The third-order valence-electron chi connectivity index (χ3n) is 2.59. The van der Waals surface area contributed by atoms with Gasteiger partial charge in [0.15, 0.2) is 0 Å². The van der Waals surface area contributed by atoms with Crippen LogP contribution in [0.5, 0.6) is 0 Å². The van der Waals surface area contributed by atoms with Gasteiger partial charge in [0.2, 0.25) is 0 Å². The zero-order chi connectivity index (χ0) is 13.1. The largest absolute Gasteiger partial charge is 0.462 e. The highest BCUT2D eigenvalue weighted by molar-refractivity contribution is 6.35. The number of benzene rings is 1. The first-order valence-electron chi connectivity index (χ1n) is 5.61. The van der Waals surface area contributed by atoms with Crippen LogP contribution in [-0.2, 0) is 4.74 Å². The number of carbonyl (C=O) groups is 1. The summed E-state index contributed by atoms with van der Waals surface area (Å²) in [6.07, 6.45) is 1.48. The van der Waals surface area contributed by atoms with Gasteiger partial charge in [-0.2, -0.15) is 0 Å². The molecule has 0 saturated carbocycles. The number of anilines is 1. The molecule has 1 aromatic heterocycles. The Kier molecular flexibility index (Phi) is 3.67. The summed E-state index contributed by atoms with van der Waals surface area (Å²) in [6.45, 7) is 2.10. The van der Waals surface area contributed by atoms with Gasteiger partial charge in [0.1, 0.15) is 5.56 Å². The molecule has 18 heavy (non-hydrogen) atoms. The Labute approximate surface area is 110 Å². The fraction of sp³-hybridized carbons (Fsp3) is 0.231. The smallest absolute Gasteiger partial charge is 0.341 e. The SMILES string of the molecule is CCOC(=O)c1cnc2c(Cl)cccc2c1NC. The first kappa shape index (κ1) is 12.6. The average Bonchev–Trinajstić information content (AvgIpc) is 2.38. The molecular weight excluding hydrogens is 252 g/mol. The number of hydrogen-bond acceptors (Lipinski definition) is 4. The van der Waals surface area contributed by atoms with Gasteiger partial charge in [-0.1, -0.05) is 23.7 Å². The van der Waals surface area contributed by atoms with E-state index in [0.717, 1.165) is 5.39 Å². The molecule has 0 spiro atoms. The lowest BCUT2D eigenvalue weighted by Gasteiger charge is -2.11. The molecule has 0 radical (unpaired) electrons. The van der Waals surface area contributed by atoms with Crippen LogP contribution in [0.3, 0.4) is 0 Å². The van der Waals surface area contributed by atoms with Gasteiger partial charge in [-0.3, -0.25) is 4.98 Å². The van der Waals surface area contributed by atoms with Crippen LogP contribution in [0.2, 0.25) is 5.02 Å². The number of esters is 1. The number of ether oxygens (including phenoxy) is 1. The summed E-state index contributed by atoms with van der Waals surface area (Å²) in [5.41, 5.74) is 1.76. The number of nitrogens with zero attached hydrogens (tertiary/aromatic N) is 1. The van der Waals surface area contributed by atoms with Crippen LogP contribution in [0.4, 0.5) is 5.69 Å². The molecule has 0 fully saturated rings. The third kappa shape index (κ3) is 2.11. The van der Waals surface area contributed by atoms with E-state index in [1.807, 2.05) is 12.1 Å². The number of aromatic nitrogens is 1. The quantitative estimate of drug-likeness (QED) is 0.866. The Balaban J connectivity index is 2.67. The van der Waals surface area contributed by atoms with Crippen LogP contribution in [0.1, 0.15) is 17.3 Å². The van der Waals surface area contributed by atoms with Gasteiger partial charge in [-0.15, -0.1) is 0 Å². The van der Waals surface area contributed by atoms with E-state index in [2.05, 4.69) is 10.3 Å². The minimum absolute atomic E-state index is 0.329. The minimum Gasteiger partial charge on any atom is -0.462 e. The first-order valence-corrected chi connectivity index (χ1v) is 5.99. The number of fused-ring (bicyclic) bond motifs is 1. The molecule has 1 N–H and O–H groups in total. The number of hydrogen-bond donors (Lipinski definition) is 1. The van der Waals surface area contributed by atoms with Crippen molar-refractivity contribution in [3.63, 3.8) is 0 Å². The molecule has 0 amide bonds. The Morgan fingerprint density at radius 1 is 1.50 bits per heavy atom. The van der Waals surface area contributed by atoms with Gasteiger partial charge in [-0.25, -0.2) is 4.79 Å². The van der Waals surface area contributed by atoms with Crippen LogP contribution in [-0.4, -0.2) is 24.6 Å². The van der Waals surface area contributed by atoms with Gasteiger partial charge in [0.25, 0.3) is 0 Å². The molecule has 94 valence electrons. The van der Waals surface area contributed by atoms with E-state index in [9.17, 15) is 4.79 Å². The van der Waals surface area contributed by atoms with E-state index in [4.69, 9.17) is 16.3 Å². The van der Waals surface area contributed by atoms with Crippen LogP contribution in [0.25, 0.3) is 10.9 Å². The van der Waals surface area contributed by atoms with Crippen molar-refractivity contribution in [3.8, 4) is 0 Å². The number of halogens is 1. The van der Waals surface area contributed by atoms with Crippen molar-refractivity contribution in [3.05, 3.63) is 35.0 Å². The Bertz CT molecular complexity index is 599. The maximum atomic E-state index is 11.8. The van der Waals surface area contributed by atoms with Gasteiger partial charge in [-0.05, 0) is 13.0 Å². The van der Waals surface area contributed by atoms with Gasteiger partial charge >= 0.3 is 5.97 Å². The Morgan fingerprint density at radius 3 is 2.94 bits per heavy atom. The van der Waals surface area contributed by atoms with Crippen LogP contribution >= 0.6 is 11.6 Å². The summed E-state index contributed by atoms with van der Waals surface area (Å²) in [4.78, 5) is 16.0. The van der Waals surface area contributed by atoms with Gasteiger partial charge in [0.05, 0.1) is 22.8 Å². The molecule has 1 heterocycles. The predicted molar refractivity (Wildman–Crippen MR) is 72.3 cm³/mol. The van der Waals surface area contributed by atoms with E-state index < -0.39 is 5.97 Å². The number of para-hydroxylation sites is 1. The summed E-state index contributed by atoms with van der Waals surface area (Å²) >= 11 is 6.07.